The van der Waals surface area contributed by atoms with Crippen LogP contribution in [0.15, 0.2) is 20.2 Å². The van der Waals surface area contributed by atoms with Crippen LogP contribution in [0.2, 0.25) is 0 Å². The van der Waals surface area contributed by atoms with Crippen molar-refractivity contribution in [3.8, 4) is 0 Å². The number of hydrogen-bond acceptors (Lipinski definition) is 3. The van der Waals surface area contributed by atoms with Crippen LogP contribution >= 0.6 is 63.0 Å². The van der Waals surface area contributed by atoms with Gasteiger partial charge in [0.1, 0.15) is 0 Å². The molecule has 0 aromatic carbocycles. The number of hydrogen-bond donors (Lipinski definition) is 1. The quantitative estimate of drug-likeness (QED) is 0.430. The van der Waals surface area contributed by atoms with Crippen molar-refractivity contribution in [3.05, 3.63) is 20.8 Å². The summed E-state index contributed by atoms with van der Waals surface area (Å²) in [5.41, 5.74) is 7.18. The molecule has 3 nitrogen and oxygen atoms in total. The molecule has 1 aliphatic rings. The molecule has 1 aliphatic heterocycles. The summed E-state index contributed by atoms with van der Waals surface area (Å²) >= 11 is 7.10. The Morgan fingerprint density at radius 1 is 1.47 bits per heavy atom. The monoisotopic (exact) mass is 447 g/mol. The fraction of sp³-hybridized carbons (Fsp3) is 0.500. The van der Waals surface area contributed by atoms with E-state index in [0.29, 0.717) is 12.5 Å². The molecule has 1 fully saturated rings. The van der Waals surface area contributed by atoms with Crippen LogP contribution in [0.25, 0.3) is 0 Å². The minimum absolute atomic E-state index is 0. The van der Waals surface area contributed by atoms with Crippen LogP contribution in [0.5, 0.6) is 0 Å². The van der Waals surface area contributed by atoms with E-state index in [-0.39, 0.29) is 24.0 Å². The Labute approximate surface area is 135 Å². The highest BCUT2D eigenvalue weighted by Crippen LogP contribution is 2.21. The van der Waals surface area contributed by atoms with Gasteiger partial charge in [-0.1, -0.05) is 0 Å². The van der Waals surface area contributed by atoms with Gasteiger partial charge in [-0.05, 0) is 32.9 Å². The zero-order valence-corrected chi connectivity index (χ0v) is 14.8. The SMILES string of the molecule is I.NC(=NCc1csc(Br)c1)N1CCSCC1. The maximum atomic E-state index is 5.96. The summed E-state index contributed by atoms with van der Waals surface area (Å²) in [6, 6.07) is 2.09. The topological polar surface area (TPSA) is 41.6 Å². The first kappa shape index (κ1) is 15.6. The second-order valence-electron chi connectivity index (χ2n) is 3.53. The van der Waals surface area contributed by atoms with E-state index >= 15 is 0 Å². The summed E-state index contributed by atoms with van der Waals surface area (Å²) in [6.07, 6.45) is 0. The lowest BCUT2D eigenvalue weighted by Crippen LogP contribution is -2.42. The second-order valence-corrected chi connectivity index (χ2v) is 7.05. The minimum Gasteiger partial charge on any atom is -0.370 e. The number of guanidine groups is 1. The van der Waals surface area contributed by atoms with E-state index in [4.69, 9.17) is 5.73 Å². The van der Waals surface area contributed by atoms with Gasteiger partial charge >= 0.3 is 0 Å². The molecule has 0 radical (unpaired) electrons. The third kappa shape index (κ3) is 4.96. The van der Waals surface area contributed by atoms with Crippen LogP contribution in [0.4, 0.5) is 0 Å². The Morgan fingerprint density at radius 3 is 2.76 bits per heavy atom. The maximum Gasteiger partial charge on any atom is 0.191 e. The molecule has 0 unspecified atom stereocenters. The van der Waals surface area contributed by atoms with Crippen molar-refractivity contribution >= 4 is 69.0 Å². The molecule has 1 saturated heterocycles. The summed E-state index contributed by atoms with van der Waals surface area (Å²) in [4.78, 5) is 6.59. The van der Waals surface area contributed by atoms with Crippen LogP contribution in [0.3, 0.4) is 0 Å². The Hall–Kier alpha value is 0.530. The number of nitrogens with zero attached hydrogens (tertiary/aromatic N) is 2. The molecule has 0 atom stereocenters. The highest BCUT2D eigenvalue weighted by atomic mass is 127. The highest BCUT2D eigenvalue weighted by Gasteiger charge is 2.11. The number of halogens is 2. The van der Waals surface area contributed by atoms with E-state index in [2.05, 4.69) is 37.3 Å². The summed E-state index contributed by atoms with van der Waals surface area (Å²) < 4.78 is 1.14. The molecule has 96 valence electrons. The lowest BCUT2D eigenvalue weighted by atomic mass is 10.3. The van der Waals surface area contributed by atoms with E-state index in [9.17, 15) is 0 Å². The summed E-state index contributed by atoms with van der Waals surface area (Å²) in [5, 5.41) is 2.10. The summed E-state index contributed by atoms with van der Waals surface area (Å²) in [5.74, 6) is 2.99. The fourth-order valence-electron chi connectivity index (χ4n) is 1.49. The molecule has 0 amide bonds. The lowest BCUT2D eigenvalue weighted by Gasteiger charge is -2.27. The van der Waals surface area contributed by atoms with Crippen LogP contribution in [-0.2, 0) is 6.54 Å². The number of thiophene rings is 1. The summed E-state index contributed by atoms with van der Waals surface area (Å²) in [6.45, 7) is 2.72. The number of nitrogens with two attached hydrogens (primary N) is 1. The van der Waals surface area contributed by atoms with Crippen molar-refractivity contribution < 1.29 is 0 Å². The van der Waals surface area contributed by atoms with Crippen molar-refractivity contribution in [2.45, 2.75) is 6.54 Å². The number of rotatable bonds is 2. The van der Waals surface area contributed by atoms with Gasteiger partial charge in [0.2, 0.25) is 0 Å². The van der Waals surface area contributed by atoms with Crippen molar-refractivity contribution in [2.24, 2.45) is 10.7 Å². The van der Waals surface area contributed by atoms with Crippen LogP contribution in [0.1, 0.15) is 5.56 Å². The van der Waals surface area contributed by atoms with E-state index in [1.165, 1.54) is 5.56 Å². The predicted octanol–water partition coefficient (Wildman–Crippen LogP) is 2.99. The average molecular weight is 448 g/mol. The van der Waals surface area contributed by atoms with Gasteiger partial charge in [-0.25, -0.2) is 4.99 Å². The molecule has 17 heavy (non-hydrogen) atoms. The first-order chi connectivity index (χ1) is 7.75. The van der Waals surface area contributed by atoms with Gasteiger partial charge in [0.15, 0.2) is 5.96 Å². The standard InChI is InChI=1S/C10H14BrN3S2.HI/c11-9-5-8(7-16-9)6-13-10(12)14-1-3-15-4-2-14;/h5,7H,1-4,6H2,(H2,12,13);1H. The third-order valence-electron chi connectivity index (χ3n) is 2.38. The normalized spacial score (nSPS) is 16.8. The van der Waals surface area contributed by atoms with Crippen molar-refractivity contribution in [3.63, 3.8) is 0 Å². The molecule has 2 heterocycles. The molecule has 0 aliphatic carbocycles. The average Bonchev–Trinajstić information content (AvgIpc) is 2.73. The molecule has 0 bridgehead atoms. The molecule has 0 saturated carbocycles. The van der Waals surface area contributed by atoms with Gasteiger partial charge in [-0.15, -0.1) is 35.3 Å². The smallest absolute Gasteiger partial charge is 0.191 e. The Kier molecular flexibility index (Phi) is 7.20. The molecule has 2 rings (SSSR count). The Bertz CT molecular complexity index is 377. The highest BCUT2D eigenvalue weighted by molar-refractivity contribution is 14.0. The first-order valence-corrected chi connectivity index (χ1v) is 7.94. The molecular formula is C10H15BrIN3S2. The third-order valence-corrected chi connectivity index (χ3v) is 4.88. The molecule has 0 spiro atoms. The Balaban J connectivity index is 0.00000144. The Morgan fingerprint density at radius 2 is 2.18 bits per heavy atom. The van der Waals surface area contributed by atoms with Crippen LogP contribution in [-0.4, -0.2) is 35.5 Å². The van der Waals surface area contributed by atoms with E-state index in [1.54, 1.807) is 11.3 Å². The second kappa shape index (κ2) is 7.85. The largest absolute Gasteiger partial charge is 0.370 e. The number of thioether (sulfide) groups is 1. The zero-order chi connectivity index (χ0) is 11.4. The van der Waals surface area contributed by atoms with Crippen molar-refractivity contribution in [2.75, 3.05) is 24.6 Å². The van der Waals surface area contributed by atoms with Gasteiger partial charge in [-0.3, -0.25) is 0 Å². The zero-order valence-electron chi connectivity index (χ0n) is 9.26. The molecular weight excluding hydrogens is 433 g/mol. The van der Waals surface area contributed by atoms with Crippen LogP contribution < -0.4 is 5.73 Å². The maximum absolute atomic E-state index is 5.96. The van der Waals surface area contributed by atoms with Crippen molar-refractivity contribution in [1.82, 2.24) is 4.90 Å². The van der Waals surface area contributed by atoms with E-state index in [0.717, 1.165) is 28.4 Å². The first-order valence-electron chi connectivity index (χ1n) is 5.11. The minimum atomic E-state index is 0. The molecule has 7 heteroatoms. The van der Waals surface area contributed by atoms with Gasteiger partial charge in [0.25, 0.3) is 0 Å². The van der Waals surface area contributed by atoms with E-state index in [1.807, 2.05) is 11.8 Å². The van der Waals surface area contributed by atoms with Gasteiger partial charge in [0.05, 0.1) is 10.3 Å². The fourth-order valence-corrected chi connectivity index (χ4v) is 3.60. The van der Waals surface area contributed by atoms with Gasteiger partial charge < -0.3 is 10.6 Å². The molecule has 1 aromatic heterocycles. The van der Waals surface area contributed by atoms with Gasteiger partial charge in [0, 0.05) is 24.6 Å². The molecule has 2 N–H and O–H groups in total. The summed E-state index contributed by atoms with van der Waals surface area (Å²) in [7, 11) is 0. The van der Waals surface area contributed by atoms with E-state index < -0.39 is 0 Å². The predicted molar refractivity (Wildman–Crippen MR) is 91.7 cm³/mol. The van der Waals surface area contributed by atoms with Gasteiger partial charge in [-0.2, -0.15) is 11.8 Å². The molecule has 1 aromatic rings. The van der Waals surface area contributed by atoms with Crippen LogP contribution in [0, 0.1) is 0 Å². The van der Waals surface area contributed by atoms with Crippen molar-refractivity contribution in [1.29, 1.82) is 0 Å². The lowest BCUT2D eigenvalue weighted by molar-refractivity contribution is 0.455. The number of aliphatic imine (C=N–C) groups is 1.